The first-order valence-corrected chi connectivity index (χ1v) is 7.13. The number of carbonyl (C=O) groups excluding carboxylic acids is 1. The summed E-state index contributed by atoms with van der Waals surface area (Å²) in [5.41, 5.74) is 0. The van der Waals surface area contributed by atoms with Crippen LogP contribution in [0.2, 0.25) is 0 Å². The fourth-order valence-corrected chi connectivity index (χ4v) is 3.00. The van der Waals surface area contributed by atoms with Crippen LogP contribution in [0.25, 0.3) is 0 Å². The molecule has 1 N–H and O–H groups in total. The Morgan fingerprint density at radius 2 is 2.42 bits per heavy atom. The number of rotatable bonds is 4. The number of carboxylic acids is 1. The van der Waals surface area contributed by atoms with E-state index < -0.39 is 5.97 Å². The number of hydrogen-bond acceptors (Lipinski definition) is 5. The van der Waals surface area contributed by atoms with Gasteiger partial charge in [-0.25, -0.2) is 0 Å². The van der Waals surface area contributed by atoms with Crippen LogP contribution in [0.1, 0.15) is 35.9 Å². The Labute approximate surface area is 115 Å². The maximum Gasteiger partial charge on any atom is 0.303 e. The van der Waals surface area contributed by atoms with Gasteiger partial charge in [-0.2, -0.15) is 0 Å². The molecule has 0 radical (unpaired) electrons. The van der Waals surface area contributed by atoms with Crippen molar-refractivity contribution in [3.8, 4) is 0 Å². The number of likely N-dealkylation sites (tertiary alicyclic amines) is 1. The Hall–Kier alpha value is -1.50. The predicted molar refractivity (Wildman–Crippen MR) is 70.0 cm³/mol. The Balaban J connectivity index is 1.97. The van der Waals surface area contributed by atoms with Crippen molar-refractivity contribution in [3.05, 3.63) is 11.1 Å². The first kappa shape index (κ1) is 13.9. The van der Waals surface area contributed by atoms with Crippen LogP contribution >= 0.6 is 11.5 Å². The SMILES string of the molecule is CC(CC(=O)O)C1CCCN(C(=O)c2cnns2)C1. The van der Waals surface area contributed by atoms with Gasteiger partial charge in [0.1, 0.15) is 4.88 Å². The number of piperidine rings is 1. The highest BCUT2D eigenvalue weighted by molar-refractivity contribution is 7.07. The lowest BCUT2D eigenvalue weighted by molar-refractivity contribution is -0.138. The largest absolute Gasteiger partial charge is 0.481 e. The maximum atomic E-state index is 12.2. The fourth-order valence-electron chi connectivity index (χ4n) is 2.52. The molecule has 1 aliphatic rings. The number of aliphatic carboxylic acids is 1. The van der Waals surface area contributed by atoms with Gasteiger partial charge in [0.25, 0.3) is 5.91 Å². The maximum absolute atomic E-state index is 12.2. The van der Waals surface area contributed by atoms with Gasteiger partial charge < -0.3 is 10.0 Å². The Morgan fingerprint density at radius 3 is 3.05 bits per heavy atom. The van der Waals surface area contributed by atoms with Crippen molar-refractivity contribution in [3.63, 3.8) is 0 Å². The van der Waals surface area contributed by atoms with Crippen LogP contribution in [0.5, 0.6) is 0 Å². The van der Waals surface area contributed by atoms with Crippen LogP contribution in [-0.2, 0) is 4.79 Å². The molecule has 0 bridgehead atoms. The van der Waals surface area contributed by atoms with Gasteiger partial charge in [-0.05, 0) is 36.2 Å². The second kappa shape index (κ2) is 6.10. The number of carbonyl (C=O) groups is 2. The Morgan fingerprint density at radius 1 is 1.63 bits per heavy atom. The molecular weight excluding hydrogens is 266 g/mol. The van der Waals surface area contributed by atoms with Crippen molar-refractivity contribution in [2.24, 2.45) is 11.8 Å². The van der Waals surface area contributed by atoms with Crippen molar-refractivity contribution in [2.75, 3.05) is 13.1 Å². The standard InChI is InChI=1S/C12H17N3O3S/c1-8(5-11(16)17)9-3-2-4-15(7-9)12(18)10-6-13-14-19-10/h6,8-9H,2-5,7H2,1H3,(H,16,17). The van der Waals surface area contributed by atoms with Gasteiger partial charge in [0.2, 0.25) is 0 Å². The molecule has 1 amide bonds. The van der Waals surface area contributed by atoms with E-state index in [1.54, 1.807) is 4.90 Å². The van der Waals surface area contributed by atoms with Crippen molar-refractivity contribution in [1.29, 1.82) is 0 Å². The minimum absolute atomic E-state index is 0.0396. The van der Waals surface area contributed by atoms with E-state index in [1.165, 1.54) is 6.20 Å². The second-order valence-corrected chi connectivity index (χ2v) is 5.80. The molecule has 0 saturated carbocycles. The summed E-state index contributed by atoms with van der Waals surface area (Å²) in [7, 11) is 0. The summed E-state index contributed by atoms with van der Waals surface area (Å²) in [6, 6.07) is 0. The Kier molecular flexibility index (Phi) is 4.47. The lowest BCUT2D eigenvalue weighted by atomic mass is 9.84. The normalized spacial score (nSPS) is 21.1. The van der Waals surface area contributed by atoms with Crippen molar-refractivity contribution in [1.82, 2.24) is 14.5 Å². The molecule has 104 valence electrons. The molecule has 1 saturated heterocycles. The van der Waals surface area contributed by atoms with Crippen molar-refractivity contribution < 1.29 is 14.7 Å². The summed E-state index contributed by atoms with van der Waals surface area (Å²) in [4.78, 5) is 25.3. The highest BCUT2D eigenvalue weighted by Gasteiger charge is 2.29. The topological polar surface area (TPSA) is 83.4 Å². The lowest BCUT2D eigenvalue weighted by Gasteiger charge is -2.35. The van der Waals surface area contributed by atoms with Crippen LogP contribution in [0.3, 0.4) is 0 Å². The number of nitrogens with zero attached hydrogens (tertiary/aromatic N) is 3. The molecule has 1 aromatic heterocycles. The van der Waals surface area contributed by atoms with E-state index in [4.69, 9.17) is 5.11 Å². The van der Waals surface area contributed by atoms with Crippen molar-refractivity contribution >= 4 is 23.4 Å². The monoisotopic (exact) mass is 283 g/mol. The van der Waals surface area contributed by atoms with Gasteiger partial charge in [0.15, 0.2) is 0 Å². The minimum atomic E-state index is -0.775. The van der Waals surface area contributed by atoms with Crippen LogP contribution < -0.4 is 0 Å². The molecule has 0 spiro atoms. The molecule has 7 heteroatoms. The van der Waals surface area contributed by atoms with Crippen LogP contribution in [0.15, 0.2) is 6.20 Å². The molecule has 2 rings (SSSR count). The molecule has 0 aliphatic carbocycles. The summed E-state index contributed by atoms with van der Waals surface area (Å²) >= 11 is 1.10. The summed E-state index contributed by atoms with van der Waals surface area (Å²) in [5.74, 6) is -0.466. The Bertz CT molecular complexity index is 449. The smallest absolute Gasteiger partial charge is 0.303 e. The third kappa shape index (κ3) is 3.50. The first-order valence-electron chi connectivity index (χ1n) is 6.36. The zero-order valence-electron chi connectivity index (χ0n) is 10.8. The molecule has 0 aromatic carbocycles. The number of hydrogen-bond donors (Lipinski definition) is 1. The van der Waals surface area contributed by atoms with Gasteiger partial charge >= 0.3 is 5.97 Å². The molecule has 2 unspecified atom stereocenters. The van der Waals surface area contributed by atoms with E-state index >= 15 is 0 Å². The van der Waals surface area contributed by atoms with Gasteiger partial charge in [0.05, 0.1) is 6.20 Å². The average Bonchev–Trinajstić information content (AvgIpc) is 2.91. The average molecular weight is 283 g/mol. The van der Waals surface area contributed by atoms with E-state index in [-0.39, 0.29) is 24.2 Å². The number of carboxylic acid groups (broad SMARTS) is 1. The van der Waals surface area contributed by atoms with E-state index in [0.29, 0.717) is 11.4 Å². The highest BCUT2D eigenvalue weighted by Crippen LogP contribution is 2.27. The second-order valence-electron chi connectivity index (χ2n) is 5.01. The van der Waals surface area contributed by atoms with Crippen LogP contribution in [0, 0.1) is 11.8 Å². The van der Waals surface area contributed by atoms with E-state index in [0.717, 1.165) is 30.9 Å². The zero-order valence-corrected chi connectivity index (χ0v) is 11.6. The third-order valence-electron chi connectivity index (χ3n) is 3.62. The summed E-state index contributed by atoms with van der Waals surface area (Å²) < 4.78 is 3.70. The zero-order chi connectivity index (χ0) is 13.8. The molecule has 19 heavy (non-hydrogen) atoms. The van der Waals surface area contributed by atoms with Gasteiger partial charge in [-0.3, -0.25) is 9.59 Å². The van der Waals surface area contributed by atoms with Crippen LogP contribution in [-0.4, -0.2) is 44.6 Å². The van der Waals surface area contributed by atoms with Gasteiger partial charge in [0, 0.05) is 19.5 Å². The molecule has 2 heterocycles. The quantitative estimate of drug-likeness (QED) is 0.905. The predicted octanol–water partition coefficient (Wildman–Crippen LogP) is 1.50. The molecular formula is C12H17N3O3S. The molecule has 2 atom stereocenters. The molecule has 1 aromatic rings. The summed E-state index contributed by atoms with van der Waals surface area (Å²) in [5, 5.41) is 12.5. The minimum Gasteiger partial charge on any atom is -0.481 e. The molecule has 1 aliphatic heterocycles. The summed E-state index contributed by atoms with van der Waals surface area (Å²) in [6.45, 7) is 3.30. The third-order valence-corrected chi connectivity index (χ3v) is 4.27. The van der Waals surface area contributed by atoms with Crippen LogP contribution in [0.4, 0.5) is 0 Å². The fraction of sp³-hybridized carbons (Fsp3) is 0.667. The lowest BCUT2D eigenvalue weighted by Crippen LogP contribution is -2.41. The first-order chi connectivity index (χ1) is 9.08. The number of amides is 1. The van der Waals surface area contributed by atoms with E-state index in [9.17, 15) is 9.59 Å². The molecule has 1 fully saturated rings. The van der Waals surface area contributed by atoms with Gasteiger partial charge in [-0.1, -0.05) is 11.4 Å². The number of aromatic nitrogens is 2. The highest BCUT2D eigenvalue weighted by atomic mass is 32.1. The summed E-state index contributed by atoms with van der Waals surface area (Å²) in [6.07, 6.45) is 3.55. The van der Waals surface area contributed by atoms with Gasteiger partial charge in [-0.15, -0.1) is 5.10 Å². The van der Waals surface area contributed by atoms with E-state index in [1.807, 2.05) is 6.92 Å². The van der Waals surface area contributed by atoms with E-state index in [2.05, 4.69) is 9.59 Å². The molecule has 6 nitrogen and oxygen atoms in total. The van der Waals surface area contributed by atoms with Crippen molar-refractivity contribution in [2.45, 2.75) is 26.2 Å².